The Bertz CT molecular complexity index is 2120. The Morgan fingerprint density at radius 2 is 0.953 bits per heavy atom. The van der Waals surface area contributed by atoms with Gasteiger partial charge in [-0.05, 0) is 88.3 Å². The first-order valence-electron chi connectivity index (χ1n) is 13.7. The maximum absolute atomic E-state index is 13.3. The van der Waals surface area contributed by atoms with E-state index >= 15 is 0 Å². The predicted octanol–water partition coefficient (Wildman–Crippen LogP) is 7.30. The Kier molecular flexibility index (Phi) is 6.25. The standard InChI is InChI=1S/C36H23N3O4/c40-33(37-28-14-9-22-5-1-3-7-25(22)19-28)24-11-16-30(17-12-24)39-35(42)31-18-13-27(21-32(31)36(39)43)34(41)38-29-15-10-23-6-2-4-8-26(23)20-29/h1-21H,(H,37,40)(H,38,41). The number of nitrogens with one attached hydrogen (secondary N) is 2. The molecule has 0 atom stereocenters. The molecule has 4 amide bonds. The summed E-state index contributed by atoms with van der Waals surface area (Å²) in [6.07, 6.45) is 0. The molecule has 43 heavy (non-hydrogen) atoms. The number of hydrogen-bond acceptors (Lipinski definition) is 4. The van der Waals surface area contributed by atoms with Crippen molar-refractivity contribution in [1.82, 2.24) is 0 Å². The van der Waals surface area contributed by atoms with E-state index in [9.17, 15) is 19.2 Å². The number of imide groups is 1. The maximum atomic E-state index is 13.3. The molecule has 6 aromatic carbocycles. The third-order valence-electron chi connectivity index (χ3n) is 7.55. The molecule has 0 aliphatic carbocycles. The molecule has 1 aliphatic rings. The van der Waals surface area contributed by atoms with Gasteiger partial charge in [-0.1, -0.05) is 60.7 Å². The third-order valence-corrected chi connectivity index (χ3v) is 7.55. The highest BCUT2D eigenvalue weighted by Gasteiger charge is 2.37. The Hall–Kier alpha value is -6.08. The highest BCUT2D eigenvalue weighted by atomic mass is 16.2. The summed E-state index contributed by atoms with van der Waals surface area (Å²) < 4.78 is 0. The van der Waals surface area contributed by atoms with Crippen LogP contribution in [0.2, 0.25) is 0 Å². The van der Waals surface area contributed by atoms with Gasteiger partial charge in [-0.25, -0.2) is 4.90 Å². The van der Waals surface area contributed by atoms with Crippen molar-refractivity contribution in [2.45, 2.75) is 0 Å². The second-order valence-electron chi connectivity index (χ2n) is 10.3. The zero-order valence-electron chi connectivity index (χ0n) is 22.7. The molecule has 7 nitrogen and oxygen atoms in total. The number of rotatable bonds is 5. The van der Waals surface area contributed by atoms with Crippen LogP contribution in [-0.2, 0) is 0 Å². The highest BCUT2D eigenvalue weighted by Crippen LogP contribution is 2.30. The van der Waals surface area contributed by atoms with Crippen LogP contribution in [0.3, 0.4) is 0 Å². The van der Waals surface area contributed by atoms with Crippen molar-refractivity contribution in [2.75, 3.05) is 15.5 Å². The predicted molar refractivity (Wildman–Crippen MR) is 168 cm³/mol. The highest BCUT2D eigenvalue weighted by molar-refractivity contribution is 6.35. The van der Waals surface area contributed by atoms with Gasteiger partial charge in [0.15, 0.2) is 0 Å². The van der Waals surface area contributed by atoms with E-state index in [1.165, 1.54) is 18.2 Å². The normalized spacial score (nSPS) is 12.4. The Labute approximate surface area is 246 Å². The second-order valence-corrected chi connectivity index (χ2v) is 10.3. The Morgan fingerprint density at radius 3 is 1.53 bits per heavy atom. The molecule has 0 saturated carbocycles. The number of hydrogen-bond donors (Lipinski definition) is 2. The van der Waals surface area contributed by atoms with Crippen molar-refractivity contribution in [3.63, 3.8) is 0 Å². The van der Waals surface area contributed by atoms with Crippen LogP contribution in [0.5, 0.6) is 0 Å². The SMILES string of the molecule is O=C(Nc1ccc2ccccc2c1)c1ccc(N2C(=O)c3ccc(C(=O)Nc4ccc5ccccc5c4)cc3C2=O)cc1. The number of fused-ring (bicyclic) bond motifs is 3. The average molecular weight is 562 g/mol. The molecule has 2 N–H and O–H groups in total. The van der Waals surface area contributed by atoms with Crippen molar-refractivity contribution in [3.05, 3.63) is 150 Å². The van der Waals surface area contributed by atoms with E-state index < -0.39 is 17.7 Å². The van der Waals surface area contributed by atoms with Gasteiger partial charge < -0.3 is 10.6 Å². The summed E-state index contributed by atoms with van der Waals surface area (Å²) in [5.41, 5.74) is 2.61. The van der Waals surface area contributed by atoms with Crippen LogP contribution in [0.4, 0.5) is 17.1 Å². The van der Waals surface area contributed by atoms with Gasteiger partial charge in [-0.15, -0.1) is 0 Å². The first-order chi connectivity index (χ1) is 20.9. The lowest BCUT2D eigenvalue weighted by Gasteiger charge is -2.14. The van der Waals surface area contributed by atoms with Gasteiger partial charge in [0, 0.05) is 22.5 Å². The van der Waals surface area contributed by atoms with Crippen LogP contribution in [-0.4, -0.2) is 23.6 Å². The Morgan fingerprint density at radius 1 is 0.465 bits per heavy atom. The molecule has 0 radical (unpaired) electrons. The lowest BCUT2D eigenvalue weighted by atomic mass is 10.0. The molecular weight excluding hydrogens is 538 g/mol. The fourth-order valence-electron chi connectivity index (χ4n) is 5.32. The van der Waals surface area contributed by atoms with E-state index in [1.807, 2.05) is 84.9 Å². The fraction of sp³-hybridized carbons (Fsp3) is 0. The molecule has 206 valence electrons. The molecular formula is C36H23N3O4. The van der Waals surface area contributed by atoms with Gasteiger partial charge >= 0.3 is 0 Å². The smallest absolute Gasteiger partial charge is 0.266 e. The first-order valence-corrected chi connectivity index (χ1v) is 13.7. The summed E-state index contributed by atoms with van der Waals surface area (Å²) in [7, 11) is 0. The quantitative estimate of drug-likeness (QED) is 0.216. The summed E-state index contributed by atoms with van der Waals surface area (Å²) in [6.45, 7) is 0. The molecule has 0 spiro atoms. The number of carbonyl (C=O) groups is 4. The minimum Gasteiger partial charge on any atom is -0.322 e. The topological polar surface area (TPSA) is 95.6 Å². The van der Waals surface area contributed by atoms with Gasteiger partial charge in [-0.2, -0.15) is 0 Å². The number of nitrogens with zero attached hydrogens (tertiary/aromatic N) is 1. The molecule has 0 aromatic heterocycles. The molecule has 1 heterocycles. The zero-order chi connectivity index (χ0) is 29.5. The summed E-state index contributed by atoms with van der Waals surface area (Å²) in [5.74, 6) is -1.73. The lowest BCUT2D eigenvalue weighted by molar-refractivity contribution is 0.0924. The monoisotopic (exact) mass is 561 g/mol. The van der Waals surface area contributed by atoms with E-state index in [-0.39, 0.29) is 22.6 Å². The van der Waals surface area contributed by atoms with Crippen LogP contribution >= 0.6 is 0 Å². The fourth-order valence-corrected chi connectivity index (χ4v) is 5.32. The van der Waals surface area contributed by atoms with Crippen molar-refractivity contribution < 1.29 is 19.2 Å². The second kappa shape index (κ2) is 10.4. The van der Waals surface area contributed by atoms with Crippen LogP contribution in [0.25, 0.3) is 21.5 Å². The van der Waals surface area contributed by atoms with E-state index in [0.717, 1.165) is 26.4 Å². The molecule has 0 bridgehead atoms. The minimum absolute atomic E-state index is 0.147. The van der Waals surface area contributed by atoms with Crippen LogP contribution in [0.1, 0.15) is 41.4 Å². The Balaban J connectivity index is 1.07. The minimum atomic E-state index is -0.534. The van der Waals surface area contributed by atoms with Crippen LogP contribution in [0.15, 0.2) is 127 Å². The summed E-state index contributed by atoms with van der Waals surface area (Å²) in [4.78, 5) is 53.5. The van der Waals surface area contributed by atoms with Crippen molar-refractivity contribution in [3.8, 4) is 0 Å². The molecule has 0 unspecified atom stereocenters. The van der Waals surface area contributed by atoms with E-state index in [4.69, 9.17) is 0 Å². The molecule has 0 saturated heterocycles. The summed E-state index contributed by atoms with van der Waals surface area (Å²) >= 11 is 0. The van der Waals surface area contributed by atoms with E-state index in [1.54, 1.807) is 24.3 Å². The molecule has 6 aromatic rings. The summed E-state index contributed by atoms with van der Waals surface area (Å²) in [6, 6.07) is 37.7. The molecule has 1 aliphatic heterocycles. The number of benzene rings is 6. The van der Waals surface area contributed by atoms with Gasteiger partial charge in [0.05, 0.1) is 16.8 Å². The maximum Gasteiger partial charge on any atom is 0.266 e. The van der Waals surface area contributed by atoms with Gasteiger partial charge in [0.2, 0.25) is 0 Å². The van der Waals surface area contributed by atoms with Crippen molar-refractivity contribution >= 4 is 62.2 Å². The van der Waals surface area contributed by atoms with Gasteiger partial charge in [-0.3, -0.25) is 19.2 Å². The molecule has 7 heteroatoms. The zero-order valence-corrected chi connectivity index (χ0v) is 22.7. The third kappa shape index (κ3) is 4.79. The van der Waals surface area contributed by atoms with E-state index in [2.05, 4.69) is 10.6 Å². The number of amides is 4. The number of anilines is 3. The van der Waals surface area contributed by atoms with E-state index in [0.29, 0.717) is 22.6 Å². The molecule has 0 fully saturated rings. The average Bonchev–Trinajstić information content (AvgIpc) is 3.29. The molecule has 7 rings (SSSR count). The first kappa shape index (κ1) is 25.9. The van der Waals surface area contributed by atoms with Crippen molar-refractivity contribution in [2.24, 2.45) is 0 Å². The number of carbonyl (C=O) groups excluding carboxylic acids is 4. The largest absolute Gasteiger partial charge is 0.322 e. The summed E-state index contributed by atoms with van der Waals surface area (Å²) in [5, 5.41) is 9.88. The van der Waals surface area contributed by atoms with Crippen LogP contribution in [0, 0.1) is 0 Å². The van der Waals surface area contributed by atoms with Crippen LogP contribution < -0.4 is 15.5 Å². The van der Waals surface area contributed by atoms with Gasteiger partial charge in [0.25, 0.3) is 23.6 Å². The van der Waals surface area contributed by atoms with Gasteiger partial charge in [0.1, 0.15) is 0 Å². The van der Waals surface area contributed by atoms with Crippen molar-refractivity contribution in [1.29, 1.82) is 0 Å². The lowest BCUT2D eigenvalue weighted by Crippen LogP contribution is -2.29.